The fourth-order valence-corrected chi connectivity index (χ4v) is 5.22. The van der Waals surface area contributed by atoms with Gasteiger partial charge in [-0.1, -0.05) is 23.7 Å². The number of hydrogen-bond donors (Lipinski definition) is 0. The van der Waals surface area contributed by atoms with Crippen LogP contribution in [0.2, 0.25) is 5.02 Å². The number of likely N-dealkylation sites (N-methyl/N-ethyl adjacent to an activating group) is 1. The van der Waals surface area contributed by atoms with E-state index < -0.39 is 0 Å². The smallest absolute Gasteiger partial charge is 0.164 e. The van der Waals surface area contributed by atoms with Gasteiger partial charge in [0, 0.05) is 53.2 Å². The molecule has 0 bridgehead atoms. The van der Waals surface area contributed by atoms with E-state index in [4.69, 9.17) is 30.8 Å². The van der Waals surface area contributed by atoms with Crippen molar-refractivity contribution in [3.8, 4) is 34.4 Å². The average Bonchev–Trinajstić information content (AvgIpc) is 2.86. The number of nitriles is 1. The Kier molecular flexibility index (Phi) is 7.52. The molecule has 0 spiro atoms. The number of hydrogen-bond acceptors (Lipinski definition) is 7. The Balaban J connectivity index is 1.90. The second-order valence-electron chi connectivity index (χ2n) is 8.01. The Hall–Kier alpha value is -2.92. The molecule has 34 heavy (non-hydrogen) atoms. The Morgan fingerprint density at radius 3 is 2.38 bits per heavy atom. The molecule has 8 heteroatoms. The van der Waals surface area contributed by atoms with Crippen LogP contribution >= 0.6 is 23.4 Å². The van der Waals surface area contributed by atoms with Crippen LogP contribution in [0.5, 0.6) is 17.2 Å². The molecule has 0 fully saturated rings. The van der Waals surface area contributed by atoms with E-state index in [1.54, 1.807) is 39.2 Å². The van der Waals surface area contributed by atoms with E-state index in [1.807, 2.05) is 30.3 Å². The lowest BCUT2D eigenvalue weighted by molar-refractivity contribution is 0.309. The number of rotatable bonds is 7. The summed E-state index contributed by atoms with van der Waals surface area (Å²) < 4.78 is 16.8. The second kappa shape index (κ2) is 10.6. The van der Waals surface area contributed by atoms with E-state index in [-0.39, 0.29) is 0 Å². The molecule has 2 aromatic carbocycles. The summed E-state index contributed by atoms with van der Waals surface area (Å²) in [5.74, 6) is 2.44. The number of methoxy groups -OCH3 is 3. The third kappa shape index (κ3) is 4.80. The molecule has 0 radical (unpaired) electrons. The van der Waals surface area contributed by atoms with E-state index in [0.717, 1.165) is 40.9 Å². The molecule has 3 aromatic rings. The van der Waals surface area contributed by atoms with Crippen LogP contribution in [0.4, 0.5) is 0 Å². The molecular weight excluding hydrogens is 470 g/mol. The first-order valence-corrected chi connectivity index (χ1v) is 12.2. The number of aromatic nitrogens is 1. The highest BCUT2D eigenvalue weighted by Gasteiger charge is 2.27. The number of thioether (sulfide) groups is 1. The quantitative estimate of drug-likeness (QED) is 0.396. The summed E-state index contributed by atoms with van der Waals surface area (Å²) >= 11 is 7.59. The van der Waals surface area contributed by atoms with Crippen molar-refractivity contribution in [1.29, 1.82) is 5.26 Å². The number of halogens is 1. The van der Waals surface area contributed by atoms with Crippen LogP contribution in [0.25, 0.3) is 11.1 Å². The molecule has 2 heterocycles. The molecule has 1 aromatic heterocycles. The third-order valence-electron chi connectivity index (χ3n) is 5.88. The van der Waals surface area contributed by atoms with Crippen LogP contribution in [0, 0.1) is 11.3 Å². The molecule has 0 aliphatic carbocycles. The summed E-state index contributed by atoms with van der Waals surface area (Å²) in [4.78, 5) is 7.20. The lowest BCUT2D eigenvalue weighted by atomic mass is 9.91. The number of fused-ring (bicyclic) bond motifs is 1. The van der Waals surface area contributed by atoms with Crippen molar-refractivity contribution in [2.24, 2.45) is 0 Å². The van der Waals surface area contributed by atoms with Crippen molar-refractivity contribution < 1.29 is 14.2 Å². The van der Waals surface area contributed by atoms with Crippen molar-refractivity contribution >= 4 is 23.4 Å². The second-order valence-corrected chi connectivity index (χ2v) is 9.41. The number of nitrogens with zero attached hydrogens (tertiary/aromatic N) is 3. The Labute approximate surface area is 209 Å². The van der Waals surface area contributed by atoms with Gasteiger partial charge in [-0.3, -0.25) is 0 Å². The number of benzene rings is 2. The minimum Gasteiger partial charge on any atom is -0.496 e. The van der Waals surface area contributed by atoms with Crippen molar-refractivity contribution in [2.45, 2.75) is 23.7 Å². The molecule has 0 N–H and O–H groups in total. The summed E-state index contributed by atoms with van der Waals surface area (Å²) in [6, 6.07) is 13.9. The van der Waals surface area contributed by atoms with Crippen LogP contribution in [-0.4, -0.2) is 44.8 Å². The van der Waals surface area contributed by atoms with Crippen molar-refractivity contribution in [1.82, 2.24) is 9.88 Å². The summed E-state index contributed by atoms with van der Waals surface area (Å²) in [7, 11) is 6.88. The van der Waals surface area contributed by atoms with E-state index in [9.17, 15) is 5.26 Å². The molecule has 0 saturated carbocycles. The molecule has 0 amide bonds. The topological polar surface area (TPSA) is 67.6 Å². The first-order valence-electron chi connectivity index (χ1n) is 10.8. The highest BCUT2D eigenvalue weighted by atomic mass is 35.5. The minimum atomic E-state index is 0.540. The maximum absolute atomic E-state index is 10.3. The average molecular weight is 496 g/mol. The van der Waals surface area contributed by atoms with Crippen molar-refractivity contribution in [3.63, 3.8) is 0 Å². The van der Waals surface area contributed by atoms with Gasteiger partial charge in [-0.2, -0.15) is 5.26 Å². The molecular formula is C26H26ClN3O3S. The zero-order valence-corrected chi connectivity index (χ0v) is 21.2. The van der Waals surface area contributed by atoms with E-state index >= 15 is 0 Å². The van der Waals surface area contributed by atoms with Crippen LogP contribution < -0.4 is 14.2 Å². The molecule has 6 nitrogen and oxygen atoms in total. The maximum Gasteiger partial charge on any atom is 0.164 e. The van der Waals surface area contributed by atoms with Gasteiger partial charge in [0.1, 0.15) is 16.8 Å². The van der Waals surface area contributed by atoms with Gasteiger partial charge in [-0.25, -0.2) is 4.98 Å². The van der Waals surface area contributed by atoms with Crippen LogP contribution in [0.1, 0.15) is 22.4 Å². The molecule has 176 valence electrons. The molecule has 1 aliphatic heterocycles. The predicted molar refractivity (Wildman–Crippen MR) is 135 cm³/mol. The molecule has 0 unspecified atom stereocenters. The van der Waals surface area contributed by atoms with E-state index in [1.165, 1.54) is 0 Å². The van der Waals surface area contributed by atoms with Gasteiger partial charge >= 0.3 is 0 Å². The van der Waals surface area contributed by atoms with Gasteiger partial charge in [0.05, 0.1) is 26.9 Å². The molecule has 1 aliphatic rings. The van der Waals surface area contributed by atoms with Crippen molar-refractivity contribution in [3.05, 3.63) is 63.8 Å². The highest BCUT2D eigenvalue weighted by molar-refractivity contribution is 7.98. The van der Waals surface area contributed by atoms with Gasteiger partial charge in [0.2, 0.25) is 0 Å². The third-order valence-corrected chi connectivity index (χ3v) is 7.18. The Morgan fingerprint density at radius 2 is 1.74 bits per heavy atom. The largest absolute Gasteiger partial charge is 0.496 e. The normalized spacial score (nSPS) is 13.2. The fraction of sp³-hybridized carbons (Fsp3) is 0.308. The summed E-state index contributed by atoms with van der Waals surface area (Å²) in [5.41, 5.74) is 5.35. The monoisotopic (exact) mass is 495 g/mol. The fourth-order valence-electron chi connectivity index (χ4n) is 4.13. The summed E-state index contributed by atoms with van der Waals surface area (Å²) in [6.07, 6.45) is 0.814. The summed E-state index contributed by atoms with van der Waals surface area (Å²) in [5, 5.41) is 11.7. The van der Waals surface area contributed by atoms with Crippen LogP contribution in [0.3, 0.4) is 0 Å². The maximum atomic E-state index is 10.3. The molecule has 0 saturated heterocycles. The first-order chi connectivity index (χ1) is 16.5. The van der Waals surface area contributed by atoms with Gasteiger partial charge in [0.15, 0.2) is 11.5 Å². The van der Waals surface area contributed by atoms with Crippen LogP contribution in [-0.2, 0) is 18.7 Å². The molecule has 4 rings (SSSR count). The van der Waals surface area contributed by atoms with E-state index in [0.29, 0.717) is 45.2 Å². The highest BCUT2D eigenvalue weighted by Crippen LogP contribution is 2.45. The lowest BCUT2D eigenvalue weighted by Gasteiger charge is -2.28. The van der Waals surface area contributed by atoms with Gasteiger partial charge in [-0.15, -0.1) is 11.8 Å². The van der Waals surface area contributed by atoms with E-state index in [2.05, 4.69) is 18.0 Å². The number of pyridine rings is 1. The first kappa shape index (κ1) is 24.2. The molecule has 0 atom stereocenters. The lowest BCUT2D eigenvalue weighted by Crippen LogP contribution is -2.28. The number of ether oxygens (including phenoxy) is 3. The zero-order chi connectivity index (χ0) is 24.2. The SMILES string of the molecule is COc1cc(OC)c(-c2c(C#N)c(SCc3ccc(Cl)cc3)nc3c2CN(C)CC3)cc1OC. The van der Waals surface area contributed by atoms with Gasteiger partial charge < -0.3 is 19.1 Å². The van der Waals surface area contributed by atoms with Gasteiger partial charge in [-0.05, 0) is 36.4 Å². The van der Waals surface area contributed by atoms with Crippen molar-refractivity contribution in [2.75, 3.05) is 34.9 Å². The minimum absolute atomic E-state index is 0.540. The summed E-state index contributed by atoms with van der Waals surface area (Å²) in [6.45, 7) is 1.61. The zero-order valence-electron chi connectivity index (χ0n) is 19.6. The van der Waals surface area contributed by atoms with Gasteiger partial charge in [0.25, 0.3) is 0 Å². The Morgan fingerprint density at radius 1 is 1.06 bits per heavy atom. The Bertz CT molecular complexity index is 1240. The standard InChI is InChI=1S/C26H26ClN3O3S/c1-30-10-9-21-20(14-30)25(18-11-23(32-3)24(33-4)12-22(18)31-2)19(13-28)26(29-21)34-15-16-5-7-17(27)8-6-16/h5-8,11-12H,9-10,14-15H2,1-4H3. The van der Waals surface area contributed by atoms with Crippen LogP contribution in [0.15, 0.2) is 41.4 Å². The predicted octanol–water partition coefficient (Wildman–Crippen LogP) is 5.58.